The monoisotopic (exact) mass is 376 g/mol. The van der Waals surface area contributed by atoms with E-state index in [-0.39, 0.29) is 11.6 Å². The first-order chi connectivity index (χ1) is 12.9. The first-order valence-electron chi connectivity index (χ1n) is 8.35. The van der Waals surface area contributed by atoms with E-state index in [0.29, 0.717) is 42.8 Å². The number of alkyl halides is 3. The summed E-state index contributed by atoms with van der Waals surface area (Å²) in [5.41, 5.74) is 0.0689. The van der Waals surface area contributed by atoms with Crippen molar-refractivity contribution in [3.63, 3.8) is 0 Å². The van der Waals surface area contributed by atoms with E-state index in [9.17, 15) is 18.0 Å². The molecule has 0 aliphatic carbocycles. The average molecular weight is 376 g/mol. The van der Waals surface area contributed by atoms with Gasteiger partial charge in [-0.1, -0.05) is 23.4 Å². The minimum Gasteiger partial charge on any atom is -0.367 e. The molecule has 0 unspecified atom stereocenters. The lowest BCUT2D eigenvalue weighted by atomic mass is 10.1. The Morgan fingerprint density at radius 3 is 2.48 bits per heavy atom. The molecule has 3 aromatic rings. The molecule has 1 fully saturated rings. The molecule has 140 valence electrons. The molecular formula is C18H15F3N4O2. The third-order valence-electron chi connectivity index (χ3n) is 4.55. The number of anilines is 1. The van der Waals surface area contributed by atoms with Crippen molar-refractivity contribution in [2.75, 3.05) is 31.1 Å². The first-order valence-corrected chi connectivity index (χ1v) is 8.35. The topological polar surface area (TPSA) is 62.5 Å². The van der Waals surface area contributed by atoms with Crippen LogP contribution in [0.4, 0.5) is 18.9 Å². The summed E-state index contributed by atoms with van der Waals surface area (Å²) in [5, 5.41) is 4.29. The van der Waals surface area contributed by atoms with E-state index in [1.54, 1.807) is 29.2 Å². The number of nitrogens with zero attached hydrogens (tertiary/aromatic N) is 4. The fraction of sp³-hybridized carbons (Fsp3) is 0.278. The van der Waals surface area contributed by atoms with Gasteiger partial charge in [-0.2, -0.15) is 13.2 Å². The summed E-state index contributed by atoms with van der Waals surface area (Å²) in [5.74, 6) is -0.251. The number of benzene rings is 1. The maximum absolute atomic E-state index is 13.2. The Kier molecular flexibility index (Phi) is 4.21. The molecule has 0 bridgehead atoms. The Balaban J connectivity index is 1.61. The predicted molar refractivity (Wildman–Crippen MR) is 91.4 cm³/mol. The lowest BCUT2D eigenvalue weighted by Gasteiger charge is -2.36. The van der Waals surface area contributed by atoms with Crippen LogP contribution in [0.15, 0.2) is 47.2 Å². The number of carbonyl (C=O) groups excluding carboxylic acids is 1. The van der Waals surface area contributed by atoms with Gasteiger partial charge in [-0.3, -0.25) is 4.79 Å². The van der Waals surface area contributed by atoms with Gasteiger partial charge in [0, 0.05) is 43.3 Å². The second-order valence-electron chi connectivity index (χ2n) is 6.21. The van der Waals surface area contributed by atoms with E-state index in [2.05, 4.69) is 14.7 Å². The number of para-hydroxylation sites is 1. The number of amides is 1. The molecule has 1 aliphatic rings. The number of aromatic nitrogens is 2. The zero-order valence-electron chi connectivity index (χ0n) is 14.1. The smallest absolute Gasteiger partial charge is 0.367 e. The highest BCUT2D eigenvalue weighted by molar-refractivity contribution is 5.93. The van der Waals surface area contributed by atoms with Crippen molar-refractivity contribution in [1.29, 1.82) is 0 Å². The maximum Gasteiger partial charge on any atom is 0.433 e. The molecule has 0 atom stereocenters. The van der Waals surface area contributed by atoms with Crippen LogP contribution < -0.4 is 4.90 Å². The standard InChI is InChI=1S/C18H15F3N4O2/c19-18(20,21)16-11-15(12-3-1-2-4-13(12)22-16)24-6-8-25(9-7-24)17(26)14-5-10-27-23-14/h1-5,10-11H,6-9H2. The highest BCUT2D eigenvalue weighted by Crippen LogP contribution is 2.35. The number of hydrogen-bond acceptors (Lipinski definition) is 5. The summed E-state index contributed by atoms with van der Waals surface area (Å²) in [7, 11) is 0. The third kappa shape index (κ3) is 3.32. The van der Waals surface area contributed by atoms with Crippen LogP contribution in [0.2, 0.25) is 0 Å². The summed E-state index contributed by atoms with van der Waals surface area (Å²) >= 11 is 0. The number of rotatable bonds is 2. The van der Waals surface area contributed by atoms with Gasteiger partial charge in [0.2, 0.25) is 0 Å². The third-order valence-corrected chi connectivity index (χ3v) is 4.55. The van der Waals surface area contributed by atoms with Crippen molar-refractivity contribution in [3.05, 3.63) is 54.0 Å². The highest BCUT2D eigenvalue weighted by Gasteiger charge is 2.34. The Bertz CT molecular complexity index is 964. The second-order valence-corrected chi connectivity index (χ2v) is 6.21. The minimum atomic E-state index is -4.52. The first kappa shape index (κ1) is 17.3. The van der Waals surface area contributed by atoms with Crippen LogP contribution in [-0.4, -0.2) is 47.1 Å². The van der Waals surface area contributed by atoms with Crippen molar-refractivity contribution in [1.82, 2.24) is 15.0 Å². The fourth-order valence-corrected chi connectivity index (χ4v) is 3.20. The number of pyridine rings is 1. The quantitative estimate of drug-likeness (QED) is 0.687. The number of piperazine rings is 1. The predicted octanol–water partition coefficient (Wildman–Crippen LogP) is 3.20. The van der Waals surface area contributed by atoms with Crippen molar-refractivity contribution in [3.8, 4) is 0 Å². The summed E-state index contributed by atoms with van der Waals surface area (Å²) in [6.07, 6.45) is -3.20. The van der Waals surface area contributed by atoms with Crippen molar-refractivity contribution in [2.45, 2.75) is 6.18 Å². The molecule has 1 aliphatic heterocycles. The SMILES string of the molecule is O=C(c1ccon1)N1CCN(c2cc(C(F)(F)F)nc3ccccc23)CC1. The van der Waals surface area contributed by atoms with Crippen LogP contribution in [0.25, 0.3) is 10.9 Å². The van der Waals surface area contributed by atoms with Crippen molar-refractivity contribution in [2.24, 2.45) is 0 Å². The summed E-state index contributed by atoms with van der Waals surface area (Å²) in [6.45, 7) is 1.58. The van der Waals surface area contributed by atoms with E-state index in [1.807, 2.05) is 4.90 Å². The molecule has 0 radical (unpaired) electrons. The van der Waals surface area contributed by atoms with E-state index in [0.717, 1.165) is 6.07 Å². The van der Waals surface area contributed by atoms with E-state index in [1.165, 1.54) is 12.3 Å². The number of halogens is 3. The van der Waals surface area contributed by atoms with Crippen LogP contribution in [0.3, 0.4) is 0 Å². The van der Waals surface area contributed by atoms with Crippen molar-refractivity contribution < 1.29 is 22.5 Å². The van der Waals surface area contributed by atoms with Crippen LogP contribution in [0, 0.1) is 0 Å². The minimum absolute atomic E-state index is 0.220. The molecule has 27 heavy (non-hydrogen) atoms. The Hall–Kier alpha value is -3.10. The van der Waals surface area contributed by atoms with Crippen LogP contribution in [-0.2, 0) is 6.18 Å². The van der Waals surface area contributed by atoms with Gasteiger partial charge in [-0.15, -0.1) is 0 Å². The van der Waals surface area contributed by atoms with Crippen molar-refractivity contribution >= 4 is 22.5 Å². The van der Waals surface area contributed by atoms with Gasteiger partial charge in [0.15, 0.2) is 5.69 Å². The maximum atomic E-state index is 13.2. The van der Waals surface area contributed by atoms with Gasteiger partial charge in [-0.05, 0) is 12.1 Å². The summed E-state index contributed by atoms with van der Waals surface area (Å²) in [6, 6.07) is 9.32. The van der Waals surface area contributed by atoms with E-state index < -0.39 is 11.9 Å². The van der Waals surface area contributed by atoms with Crippen LogP contribution >= 0.6 is 0 Å². The normalized spacial score (nSPS) is 15.4. The molecule has 1 aromatic carbocycles. The molecule has 1 saturated heterocycles. The molecule has 0 N–H and O–H groups in total. The summed E-state index contributed by atoms with van der Waals surface area (Å²) < 4.78 is 44.4. The van der Waals surface area contributed by atoms with Gasteiger partial charge >= 0.3 is 6.18 Å². The molecular weight excluding hydrogens is 361 g/mol. The van der Waals surface area contributed by atoms with Gasteiger partial charge in [0.05, 0.1) is 5.52 Å². The molecule has 0 spiro atoms. The number of carbonyl (C=O) groups is 1. The van der Waals surface area contributed by atoms with Crippen LogP contribution in [0.1, 0.15) is 16.2 Å². The second kappa shape index (κ2) is 6.57. The zero-order valence-corrected chi connectivity index (χ0v) is 14.1. The highest BCUT2D eigenvalue weighted by atomic mass is 19.4. The lowest BCUT2D eigenvalue weighted by molar-refractivity contribution is -0.140. The molecule has 1 amide bonds. The van der Waals surface area contributed by atoms with Gasteiger partial charge in [0.25, 0.3) is 5.91 Å². The molecule has 0 saturated carbocycles. The number of fused-ring (bicyclic) bond motifs is 1. The van der Waals surface area contributed by atoms with Crippen LogP contribution in [0.5, 0.6) is 0 Å². The Morgan fingerprint density at radius 1 is 1.07 bits per heavy atom. The molecule has 6 nitrogen and oxygen atoms in total. The average Bonchev–Trinajstić information content (AvgIpc) is 3.21. The van der Waals surface area contributed by atoms with E-state index in [4.69, 9.17) is 0 Å². The van der Waals surface area contributed by atoms with Gasteiger partial charge in [-0.25, -0.2) is 4.98 Å². The Morgan fingerprint density at radius 2 is 1.81 bits per heavy atom. The number of hydrogen-bond donors (Lipinski definition) is 0. The van der Waals surface area contributed by atoms with Gasteiger partial charge in [0.1, 0.15) is 12.0 Å². The Labute approximate surface area is 152 Å². The van der Waals surface area contributed by atoms with Gasteiger partial charge < -0.3 is 14.3 Å². The molecule has 3 heterocycles. The summed E-state index contributed by atoms with van der Waals surface area (Å²) in [4.78, 5) is 19.5. The molecule has 9 heteroatoms. The molecule has 4 rings (SSSR count). The zero-order chi connectivity index (χ0) is 19.0. The largest absolute Gasteiger partial charge is 0.433 e. The molecule has 2 aromatic heterocycles. The lowest BCUT2D eigenvalue weighted by Crippen LogP contribution is -2.49. The van der Waals surface area contributed by atoms with E-state index >= 15 is 0 Å². The fourth-order valence-electron chi connectivity index (χ4n) is 3.20.